The first-order valence-corrected chi connectivity index (χ1v) is 6.91. The van der Waals surface area contributed by atoms with Crippen molar-refractivity contribution in [3.05, 3.63) is 58.6 Å². The summed E-state index contributed by atoms with van der Waals surface area (Å²) >= 11 is 0. The second-order valence-electron chi connectivity index (χ2n) is 4.48. The molecule has 0 aliphatic heterocycles. The molecule has 0 unspecified atom stereocenters. The van der Waals surface area contributed by atoms with E-state index in [0.29, 0.717) is 18.0 Å². The van der Waals surface area contributed by atoms with Gasteiger partial charge in [-0.3, -0.25) is 19.9 Å². The van der Waals surface area contributed by atoms with Crippen LogP contribution < -0.4 is 10.1 Å². The van der Waals surface area contributed by atoms with E-state index >= 15 is 0 Å². The van der Waals surface area contributed by atoms with Crippen molar-refractivity contribution in [3.63, 3.8) is 0 Å². The molecule has 0 bridgehead atoms. The summed E-state index contributed by atoms with van der Waals surface area (Å²) in [6.07, 6.45) is 1.08. The molecule has 1 N–H and O–H groups in total. The Morgan fingerprint density at radius 2 is 2.04 bits per heavy atom. The van der Waals surface area contributed by atoms with E-state index in [1.54, 1.807) is 30.3 Å². The van der Waals surface area contributed by atoms with Crippen LogP contribution in [0.4, 0.5) is 17.1 Å². The summed E-state index contributed by atoms with van der Waals surface area (Å²) in [6, 6.07) is 12.7. The molecule has 0 spiro atoms. The number of hydrogen-bond donors (Lipinski definition) is 1. The van der Waals surface area contributed by atoms with Crippen molar-refractivity contribution in [2.45, 2.75) is 6.92 Å². The number of carbonyl (C=O) groups excluding carboxylic acids is 1. The molecular formula is C16H15N3O4. The zero-order valence-corrected chi connectivity index (χ0v) is 12.4. The van der Waals surface area contributed by atoms with Gasteiger partial charge in [-0.05, 0) is 37.3 Å². The van der Waals surface area contributed by atoms with E-state index in [4.69, 9.17) is 4.74 Å². The van der Waals surface area contributed by atoms with Crippen LogP contribution in [0, 0.1) is 10.1 Å². The van der Waals surface area contributed by atoms with E-state index in [9.17, 15) is 14.9 Å². The van der Waals surface area contributed by atoms with Crippen molar-refractivity contribution < 1.29 is 14.5 Å². The largest absolute Gasteiger partial charge is 0.494 e. The summed E-state index contributed by atoms with van der Waals surface area (Å²) in [5, 5.41) is 13.3. The minimum Gasteiger partial charge on any atom is -0.494 e. The fourth-order valence-corrected chi connectivity index (χ4v) is 1.80. The van der Waals surface area contributed by atoms with Crippen LogP contribution in [-0.2, 0) is 4.79 Å². The maximum Gasteiger partial charge on any atom is 0.271 e. The number of nitrogens with one attached hydrogen (secondary N) is 1. The molecule has 0 fully saturated rings. The molecule has 0 atom stereocenters. The quantitative estimate of drug-likeness (QED) is 0.503. The summed E-state index contributed by atoms with van der Waals surface area (Å²) < 4.78 is 5.31. The van der Waals surface area contributed by atoms with Crippen molar-refractivity contribution in [1.82, 2.24) is 0 Å². The Labute approximate surface area is 132 Å². The van der Waals surface area contributed by atoms with Gasteiger partial charge in [-0.2, -0.15) is 0 Å². The molecule has 118 valence electrons. The summed E-state index contributed by atoms with van der Waals surface area (Å²) in [4.78, 5) is 25.9. The molecule has 0 saturated carbocycles. The highest BCUT2D eigenvalue weighted by atomic mass is 16.6. The number of rotatable bonds is 6. The highest BCUT2D eigenvalue weighted by molar-refractivity contribution is 6.32. The second kappa shape index (κ2) is 7.69. The Balaban J connectivity index is 1.98. The van der Waals surface area contributed by atoms with Crippen LogP contribution in [0.15, 0.2) is 53.5 Å². The van der Waals surface area contributed by atoms with Crippen LogP contribution in [0.2, 0.25) is 0 Å². The van der Waals surface area contributed by atoms with Crippen molar-refractivity contribution in [2.75, 3.05) is 11.9 Å². The molecule has 7 nitrogen and oxygen atoms in total. The molecule has 0 radical (unpaired) electrons. The Kier molecular flexibility index (Phi) is 5.40. The normalized spacial score (nSPS) is 10.5. The van der Waals surface area contributed by atoms with E-state index in [-0.39, 0.29) is 5.69 Å². The third-order valence-electron chi connectivity index (χ3n) is 2.80. The molecule has 0 aromatic heterocycles. The predicted molar refractivity (Wildman–Crippen MR) is 87.5 cm³/mol. The van der Waals surface area contributed by atoms with Gasteiger partial charge in [-0.15, -0.1) is 0 Å². The lowest BCUT2D eigenvalue weighted by atomic mass is 10.3. The van der Waals surface area contributed by atoms with Gasteiger partial charge in [0.05, 0.1) is 23.4 Å². The van der Waals surface area contributed by atoms with E-state index in [1.165, 1.54) is 18.2 Å². The Hall–Kier alpha value is -3.22. The van der Waals surface area contributed by atoms with Crippen molar-refractivity contribution in [3.8, 4) is 5.75 Å². The number of aliphatic imine (C=N–C) groups is 1. The summed E-state index contributed by atoms with van der Waals surface area (Å²) in [5.74, 6) is 0.288. The maximum absolute atomic E-state index is 11.8. The van der Waals surface area contributed by atoms with Crippen molar-refractivity contribution in [1.29, 1.82) is 0 Å². The van der Waals surface area contributed by atoms with Gasteiger partial charge in [0.2, 0.25) is 0 Å². The van der Waals surface area contributed by atoms with Gasteiger partial charge in [0.15, 0.2) is 0 Å². The lowest BCUT2D eigenvalue weighted by Crippen LogP contribution is -2.12. The molecule has 7 heteroatoms. The molecule has 2 rings (SSSR count). The Bertz CT molecular complexity index is 726. The van der Waals surface area contributed by atoms with Crippen LogP contribution in [0.1, 0.15) is 6.92 Å². The standard InChI is InChI=1S/C16H15N3O4/c1-2-23-15-8-6-12(7-9-15)18-16(20)11-17-13-4-3-5-14(10-13)19(21)22/h3-11H,2H2,1H3,(H,18,20)/b17-11+. The minimum atomic E-state index is -0.515. The number of nitrogens with zero attached hydrogens (tertiary/aromatic N) is 2. The first-order chi connectivity index (χ1) is 11.1. The monoisotopic (exact) mass is 313 g/mol. The highest BCUT2D eigenvalue weighted by Crippen LogP contribution is 2.19. The lowest BCUT2D eigenvalue weighted by molar-refractivity contribution is -0.384. The lowest BCUT2D eigenvalue weighted by Gasteiger charge is -2.05. The molecule has 2 aromatic carbocycles. The fraction of sp³-hybridized carbons (Fsp3) is 0.125. The first-order valence-electron chi connectivity index (χ1n) is 6.91. The fourth-order valence-electron chi connectivity index (χ4n) is 1.80. The number of carbonyl (C=O) groups is 1. The van der Waals surface area contributed by atoms with Gasteiger partial charge >= 0.3 is 0 Å². The number of amides is 1. The molecule has 2 aromatic rings. The average Bonchev–Trinajstić information content (AvgIpc) is 2.55. The third kappa shape index (κ3) is 4.92. The molecular weight excluding hydrogens is 298 g/mol. The smallest absolute Gasteiger partial charge is 0.271 e. The molecule has 0 aliphatic rings. The van der Waals surface area contributed by atoms with Crippen LogP contribution in [0.3, 0.4) is 0 Å². The van der Waals surface area contributed by atoms with E-state index in [0.717, 1.165) is 12.0 Å². The third-order valence-corrected chi connectivity index (χ3v) is 2.80. The molecule has 1 amide bonds. The SMILES string of the molecule is CCOc1ccc(NC(=O)/C=N/c2cccc([N+](=O)[O-])c2)cc1. The molecule has 0 saturated heterocycles. The first kappa shape index (κ1) is 16.2. The second-order valence-corrected chi connectivity index (χ2v) is 4.48. The zero-order valence-electron chi connectivity index (χ0n) is 12.4. The molecule has 0 aliphatic carbocycles. The van der Waals surface area contributed by atoms with Gasteiger partial charge in [0.1, 0.15) is 5.75 Å². The van der Waals surface area contributed by atoms with Crippen LogP contribution in [-0.4, -0.2) is 23.7 Å². The summed E-state index contributed by atoms with van der Waals surface area (Å²) in [6.45, 7) is 2.46. The zero-order chi connectivity index (χ0) is 16.7. The number of hydrogen-bond acceptors (Lipinski definition) is 5. The number of nitro groups is 1. The van der Waals surface area contributed by atoms with Crippen LogP contribution in [0.5, 0.6) is 5.75 Å². The van der Waals surface area contributed by atoms with Gasteiger partial charge < -0.3 is 10.1 Å². The minimum absolute atomic E-state index is 0.0772. The number of nitro benzene ring substituents is 1. The molecule has 23 heavy (non-hydrogen) atoms. The van der Waals surface area contributed by atoms with Gasteiger partial charge in [-0.25, -0.2) is 0 Å². The van der Waals surface area contributed by atoms with Gasteiger partial charge in [0, 0.05) is 17.8 Å². The van der Waals surface area contributed by atoms with Gasteiger partial charge in [-0.1, -0.05) is 6.07 Å². The summed E-state index contributed by atoms with van der Waals surface area (Å²) in [5.41, 5.74) is 0.858. The number of benzene rings is 2. The Morgan fingerprint density at radius 1 is 1.30 bits per heavy atom. The molecule has 0 heterocycles. The van der Waals surface area contributed by atoms with Crippen LogP contribution in [0.25, 0.3) is 0 Å². The number of anilines is 1. The predicted octanol–water partition coefficient (Wildman–Crippen LogP) is 3.33. The van der Waals surface area contributed by atoms with E-state index in [1.807, 2.05) is 6.92 Å². The summed E-state index contributed by atoms with van der Waals surface area (Å²) in [7, 11) is 0. The number of non-ortho nitro benzene ring substituents is 1. The van der Waals surface area contributed by atoms with Crippen molar-refractivity contribution in [2.24, 2.45) is 4.99 Å². The highest BCUT2D eigenvalue weighted by Gasteiger charge is 2.05. The maximum atomic E-state index is 11.8. The average molecular weight is 313 g/mol. The van der Waals surface area contributed by atoms with E-state index < -0.39 is 10.8 Å². The number of ether oxygens (including phenoxy) is 1. The Morgan fingerprint density at radius 3 is 2.70 bits per heavy atom. The van der Waals surface area contributed by atoms with E-state index in [2.05, 4.69) is 10.3 Å². The van der Waals surface area contributed by atoms with Crippen molar-refractivity contribution >= 4 is 29.2 Å². The topological polar surface area (TPSA) is 93.8 Å². The van der Waals surface area contributed by atoms with Crippen LogP contribution >= 0.6 is 0 Å². The van der Waals surface area contributed by atoms with Gasteiger partial charge in [0.25, 0.3) is 11.6 Å².